The van der Waals surface area contributed by atoms with Gasteiger partial charge in [-0.2, -0.15) is 0 Å². The lowest BCUT2D eigenvalue weighted by Crippen LogP contribution is -2.55. The third-order valence-electron chi connectivity index (χ3n) is 6.30. The van der Waals surface area contributed by atoms with Gasteiger partial charge >= 0.3 is 0 Å². The van der Waals surface area contributed by atoms with E-state index in [1.165, 1.54) is 6.26 Å². The monoisotopic (exact) mass is 443 g/mol. The lowest BCUT2D eigenvalue weighted by Gasteiger charge is -2.43. The van der Waals surface area contributed by atoms with Crippen molar-refractivity contribution in [2.45, 2.75) is 57.5 Å². The molecule has 166 valence electrons. The fourth-order valence-corrected chi connectivity index (χ4v) is 5.24. The summed E-state index contributed by atoms with van der Waals surface area (Å²) in [4.78, 5) is 30.6. The van der Waals surface area contributed by atoms with E-state index in [2.05, 4.69) is 14.9 Å². The molecule has 31 heavy (non-hydrogen) atoms. The summed E-state index contributed by atoms with van der Waals surface area (Å²) >= 11 is 0. The SMILES string of the molecule is CC[C@@H]1C(=O)N(C)c2cnc(-c3ccncc3CCS(C)(=O)=O)nc2N1C1CCCC1. The van der Waals surface area contributed by atoms with Gasteiger partial charge in [-0.1, -0.05) is 19.8 Å². The quantitative estimate of drug-likeness (QED) is 0.677. The van der Waals surface area contributed by atoms with Crippen LogP contribution in [0.3, 0.4) is 0 Å². The molecule has 8 nitrogen and oxygen atoms in total. The van der Waals surface area contributed by atoms with E-state index in [9.17, 15) is 13.2 Å². The molecule has 0 unspecified atom stereocenters. The maximum absolute atomic E-state index is 13.0. The van der Waals surface area contributed by atoms with Crippen LogP contribution in [0, 0.1) is 0 Å². The summed E-state index contributed by atoms with van der Waals surface area (Å²) in [5.41, 5.74) is 2.30. The van der Waals surface area contributed by atoms with Crippen molar-refractivity contribution in [3.05, 3.63) is 30.2 Å². The fourth-order valence-electron chi connectivity index (χ4n) is 4.65. The molecule has 1 aliphatic heterocycles. The van der Waals surface area contributed by atoms with Crippen LogP contribution in [0.4, 0.5) is 11.5 Å². The molecular formula is C22H29N5O3S. The number of aromatic nitrogens is 3. The van der Waals surface area contributed by atoms with Gasteiger partial charge in [-0.3, -0.25) is 9.78 Å². The molecule has 0 N–H and O–H groups in total. The molecule has 1 fully saturated rings. The van der Waals surface area contributed by atoms with E-state index < -0.39 is 9.84 Å². The van der Waals surface area contributed by atoms with Gasteiger partial charge in [-0.05, 0) is 37.3 Å². The van der Waals surface area contributed by atoms with Gasteiger partial charge in [0.2, 0.25) is 5.91 Å². The van der Waals surface area contributed by atoms with Crippen molar-refractivity contribution in [3.8, 4) is 11.4 Å². The van der Waals surface area contributed by atoms with Gasteiger partial charge in [0, 0.05) is 37.3 Å². The van der Waals surface area contributed by atoms with Crippen LogP contribution >= 0.6 is 0 Å². The Hall–Kier alpha value is -2.55. The molecule has 1 saturated carbocycles. The van der Waals surface area contributed by atoms with Crippen LogP contribution in [0.2, 0.25) is 0 Å². The van der Waals surface area contributed by atoms with Gasteiger partial charge in [-0.25, -0.2) is 18.4 Å². The van der Waals surface area contributed by atoms with Crippen molar-refractivity contribution in [1.82, 2.24) is 15.0 Å². The zero-order valence-electron chi connectivity index (χ0n) is 18.3. The number of anilines is 2. The Morgan fingerprint density at radius 2 is 1.94 bits per heavy atom. The zero-order chi connectivity index (χ0) is 22.2. The lowest BCUT2D eigenvalue weighted by molar-refractivity contribution is -0.120. The number of fused-ring (bicyclic) bond motifs is 1. The van der Waals surface area contributed by atoms with Gasteiger partial charge < -0.3 is 9.80 Å². The average Bonchev–Trinajstić information content (AvgIpc) is 3.28. The van der Waals surface area contributed by atoms with E-state index in [0.717, 1.165) is 48.3 Å². The number of hydrogen-bond donors (Lipinski definition) is 0. The van der Waals surface area contributed by atoms with Crippen molar-refractivity contribution in [3.63, 3.8) is 0 Å². The first kappa shape index (κ1) is 21.7. The molecular weight excluding hydrogens is 414 g/mol. The Morgan fingerprint density at radius 3 is 2.61 bits per heavy atom. The van der Waals surface area contributed by atoms with E-state index in [-0.39, 0.29) is 17.7 Å². The molecule has 4 rings (SSSR count). The van der Waals surface area contributed by atoms with Gasteiger partial charge in [0.15, 0.2) is 11.6 Å². The fraction of sp³-hybridized carbons (Fsp3) is 0.545. The second kappa shape index (κ2) is 8.53. The van der Waals surface area contributed by atoms with Crippen molar-refractivity contribution < 1.29 is 13.2 Å². The number of pyridine rings is 1. The Balaban J connectivity index is 1.79. The third-order valence-corrected chi connectivity index (χ3v) is 7.24. The first-order valence-corrected chi connectivity index (χ1v) is 12.9. The van der Waals surface area contributed by atoms with Gasteiger partial charge in [0.05, 0.1) is 11.9 Å². The molecule has 0 radical (unpaired) electrons. The topological polar surface area (TPSA) is 96.4 Å². The zero-order valence-corrected chi connectivity index (χ0v) is 19.1. The summed E-state index contributed by atoms with van der Waals surface area (Å²) in [7, 11) is -1.32. The molecule has 9 heteroatoms. The maximum atomic E-state index is 13.0. The molecule has 2 aromatic heterocycles. The van der Waals surface area contributed by atoms with Crippen molar-refractivity contribution in [2.24, 2.45) is 0 Å². The van der Waals surface area contributed by atoms with Crippen LogP contribution in [0.25, 0.3) is 11.4 Å². The second-order valence-corrected chi connectivity index (χ2v) is 10.7. The summed E-state index contributed by atoms with van der Waals surface area (Å²) in [6.45, 7) is 2.04. The number of rotatable bonds is 6. The summed E-state index contributed by atoms with van der Waals surface area (Å²) in [5, 5.41) is 0. The third kappa shape index (κ3) is 4.28. The average molecular weight is 444 g/mol. The minimum absolute atomic E-state index is 0.0416. The van der Waals surface area contributed by atoms with E-state index in [1.54, 1.807) is 30.5 Å². The number of sulfone groups is 1. The van der Waals surface area contributed by atoms with Crippen molar-refractivity contribution in [1.29, 1.82) is 0 Å². The smallest absolute Gasteiger partial charge is 0.249 e. The number of carbonyl (C=O) groups is 1. The Bertz CT molecular complexity index is 1080. The molecule has 0 spiro atoms. The van der Waals surface area contributed by atoms with Crippen LogP contribution in [0.5, 0.6) is 0 Å². The summed E-state index contributed by atoms with van der Waals surface area (Å²) < 4.78 is 23.3. The molecule has 1 aliphatic carbocycles. The lowest BCUT2D eigenvalue weighted by atomic mass is 10.0. The van der Waals surface area contributed by atoms with Crippen LogP contribution in [-0.4, -0.2) is 60.4 Å². The Labute approximate surface area is 183 Å². The predicted molar refractivity (Wildman–Crippen MR) is 121 cm³/mol. The summed E-state index contributed by atoms with van der Waals surface area (Å²) in [6.07, 6.45) is 11.8. The minimum atomic E-state index is -3.10. The van der Waals surface area contributed by atoms with Crippen LogP contribution in [-0.2, 0) is 21.1 Å². The first-order chi connectivity index (χ1) is 14.8. The Morgan fingerprint density at radius 1 is 1.19 bits per heavy atom. The normalized spacial score (nSPS) is 19.7. The molecule has 2 aliphatic rings. The highest BCUT2D eigenvalue weighted by Gasteiger charge is 2.41. The molecule has 0 bridgehead atoms. The highest BCUT2D eigenvalue weighted by atomic mass is 32.2. The number of aryl methyl sites for hydroxylation is 1. The molecule has 0 saturated heterocycles. The molecule has 2 aromatic rings. The number of likely N-dealkylation sites (N-methyl/N-ethyl adjacent to an activating group) is 1. The highest BCUT2D eigenvalue weighted by Crippen LogP contribution is 2.40. The van der Waals surface area contributed by atoms with Gasteiger partial charge in [0.1, 0.15) is 21.6 Å². The largest absolute Gasteiger partial charge is 0.340 e. The number of nitrogens with zero attached hydrogens (tertiary/aromatic N) is 5. The van der Waals surface area contributed by atoms with E-state index >= 15 is 0 Å². The molecule has 1 atom stereocenters. The summed E-state index contributed by atoms with van der Waals surface area (Å²) in [6, 6.07) is 1.89. The van der Waals surface area contributed by atoms with Gasteiger partial charge in [0.25, 0.3) is 0 Å². The first-order valence-electron chi connectivity index (χ1n) is 10.8. The van der Waals surface area contributed by atoms with Gasteiger partial charge in [-0.15, -0.1) is 0 Å². The van der Waals surface area contributed by atoms with Crippen LogP contribution in [0.15, 0.2) is 24.7 Å². The van der Waals surface area contributed by atoms with Crippen molar-refractivity contribution in [2.75, 3.05) is 28.9 Å². The number of hydrogen-bond acceptors (Lipinski definition) is 7. The molecule has 1 amide bonds. The van der Waals surface area contributed by atoms with Crippen LogP contribution < -0.4 is 9.80 Å². The predicted octanol–water partition coefficient (Wildman–Crippen LogP) is 2.63. The second-order valence-electron chi connectivity index (χ2n) is 8.48. The molecule has 3 heterocycles. The van der Waals surface area contributed by atoms with Crippen LogP contribution in [0.1, 0.15) is 44.6 Å². The number of amides is 1. The van der Waals surface area contributed by atoms with E-state index in [4.69, 9.17) is 4.98 Å². The van der Waals surface area contributed by atoms with E-state index in [1.807, 2.05) is 13.0 Å². The molecule has 0 aromatic carbocycles. The Kier molecular flexibility index (Phi) is 5.96. The minimum Gasteiger partial charge on any atom is -0.340 e. The standard InChI is InChI=1S/C22H29N5O3S/c1-4-18-22(28)26(2)19-14-24-20(25-21(19)27(18)16-7-5-6-8-16)17-9-11-23-13-15(17)10-12-31(3,29)30/h9,11,13-14,16,18H,4-8,10,12H2,1-3H3/t18-/m1/s1. The van der Waals surface area contributed by atoms with E-state index in [0.29, 0.717) is 24.7 Å². The maximum Gasteiger partial charge on any atom is 0.249 e. The summed E-state index contributed by atoms with van der Waals surface area (Å²) in [5.74, 6) is 1.44. The van der Waals surface area contributed by atoms with Crippen molar-refractivity contribution >= 4 is 27.2 Å². The number of carbonyl (C=O) groups excluding carboxylic acids is 1. The highest BCUT2D eigenvalue weighted by molar-refractivity contribution is 7.90.